The highest BCUT2D eigenvalue weighted by Gasteiger charge is 1.98. The average Bonchev–Trinajstić information content (AvgIpc) is 2.62. The maximum atomic E-state index is 9.55. The van der Waals surface area contributed by atoms with Gasteiger partial charge >= 0.3 is 11.9 Å². The Morgan fingerprint density at radius 2 is 1.74 bits per heavy atom. The van der Waals surface area contributed by atoms with Crippen molar-refractivity contribution in [1.82, 2.24) is 0 Å². The van der Waals surface area contributed by atoms with E-state index in [1.807, 2.05) is 24.4 Å². The van der Waals surface area contributed by atoms with Crippen LogP contribution in [-0.4, -0.2) is 28.4 Å². The number of aliphatic carboxylic acids is 2. The van der Waals surface area contributed by atoms with Gasteiger partial charge < -0.3 is 10.2 Å². The summed E-state index contributed by atoms with van der Waals surface area (Å²) in [7, 11) is 0. The summed E-state index contributed by atoms with van der Waals surface area (Å²) in [6, 6.07) is 8.23. The fourth-order valence-corrected chi connectivity index (χ4v) is 1.74. The lowest BCUT2D eigenvalue weighted by Gasteiger charge is -1.97. The zero-order valence-corrected chi connectivity index (χ0v) is 10.6. The van der Waals surface area contributed by atoms with Gasteiger partial charge in [0.25, 0.3) is 0 Å². The number of carbonyl (C=O) groups is 2. The van der Waals surface area contributed by atoms with Crippen molar-refractivity contribution >= 4 is 36.2 Å². The van der Waals surface area contributed by atoms with E-state index < -0.39 is 11.9 Å². The van der Waals surface area contributed by atoms with E-state index in [4.69, 9.17) is 10.2 Å². The van der Waals surface area contributed by atoms with E-state index in [2.05, 4.69) is 22.6 Å². The molecule has 1 aromatic carbocycles. The summed E-state index contributed by atoms with van der Waals surface area (Å²) in [4.78, 5) is 20.3. The number of nitrogens with zero attached hydrogens (tertiary/aromatic N) is 1. The minimum absolute atomic E-state index is 0.558. The lowest BCUT2D eigenvalue weighted by Crippen LogP contribution is -1.91. The molecule has 6 heteroatoms. The maximum absolute atomic E-state index is 9.55. The van der Waals surface area contributed by atoms with E-state index in [0.29, 0.717) is 12.2 Å². The minimum Gasteiger partial charge on any atom is -0.478 e. The van der Waals surface area contributed by atoms with Gasteiger partial charge in [0.2, 0.25) is 0 Å². The van der Waals surface area contributed by atoms with Crippen molar-refractivity contribution in [1.29, 1.82) is 0 Å². The van der Waals surface area contributed by atoms with E-state index >= 15 is 0 Å². The summed E-state index contributed by atoms with van der Waals surface area (Å²) in [6.07, 6.45) is 6.95. The summed E-state index contributed by atoms with van der Waals surface area (Å²) in [5.41, 5.74) is 1.25. The van der Waals surface area contributed by atoms with E-state index in [1.165, 1.54) is 22.4 Å². The SMILES string of the molecule is C1=Cc2ccccc2SN=C1.O=C(O)/C=C/C(=O)O. The van der Waals surface area contributed by atoms with Crippen molar-refractivity contribution in [3.8, 4) is 0 Å². The lowest BCUT2D eigenvalue weighted by molar-refractivity contribution is -0.134. The Kier molecular flexibility index (Phi) is 6.11. The first-order valence-electron chi connectivity index (χ1n) is 5.19. The Bertz CT molecular complexity index is 533. The summed E-state index contributed by atoms with van der Waals surface area (Å²) >= 11 is 1.52. The molecule has 1 aliphatic heterocycles. The van der Waals surface area contributed by atoms with Gasteiger partial charge in [0, 0.05) is 35.2 Å². The molecular weight excluding hydrogens is 266 g/mol. The molecule has 0 spiro atoms. The zero-order chi connectivity index (χ0) is 14.1. The third-order valence-corrected chi connectivity index (χ3v) is 2.66. The third kappa shape index (κ3) is 6.23. The van der Waals surface area contributed by atoms with Gasteiger partial charge in [-0.2, -0.15) is 0 Å². The Morgan fingerprint density at radius 1 is 1.11 bits per heavy atom. The molecule has 0 aliphatic carbocycles. The van der Waals surface area contributed by atoms with Crippen molar-refractivity contribution in [3.63, 3.8) is 0 Å². The second-order valence-electron chi connectivity index (χ2n) is 3.25. The first kappa shape index (κ1) is 14.7. The topological polar surface area (TPSA) is 87.0 Å². The van der Waals surface area contributed by atoms with Gasteiger partial charge in [-0.1, -0.05) is 24.3 Å². The molecule has 0 aromatic heterocycles. The van der Waals surface area contributed by atoms with Crippen molar-refractivity contribution in [2.45, 2.75) is 4.90 Å². The highest BCUT2D eigenvalue weighted by Crippen LogP contribution is 2.25. The van der Waals surface area contributed by atoms with Crippen molar-refractivity contribution in [2.24, 2.45) is 4.40 Å². The summed E-state index contributed by atoms with van der Waals surface area (Å²) < 4.78 is 4.12. The molecule has 19 heavy (non-hydrogen) atoms. The molecule has 5 nitrogen and oxygen atoms in total. The molecule has 1 heterocycles. The Balaban J connectivity index is 0.000000203. The van der Waals surface area contributed by atoms with Gasteiger partial charge in [-0.15, -0.1) is 0 Å². The van der Waals surface area contributed by atoms with Crippen LogP contribution in [0.25, 0.3) is 6.08 Å². The van der Waals surface area contributed by atoms with E-state index in [1.54, 1.807) is 0 Å². The largest absolute Gasteiger partial charge is 0.478 e. The standard InChI is InChI=1S/C9H7NS.C4H4O4/c1-2-6-9-8(4-1)5-3-7-10-11-9;5-3(6)1-2-4(7)8/h1-7H;1-2H,(H,5,6)(H,7,8)/b;2-1+. The molecule has 0 saturated carbocycles. The number of benzene rings is 1. The van der Waals surface area contributed by atoms with Crippen LogP contribution in [0.5, 0.6) is 0 Å². The van der Waals surface area contributed by atoms with Crippen LogP contribution in [-0.2, 0) is 9.59 Å². The minimum atomic E-state index is -1.26. The predicted molar refractivity (Wildman–Crippen MR) is 74.2 cm³/mol. The fraction of sp³-hybridized carbons (Fsp3) is 0. The van der Waals surface area contributed by atoms with Gasteiger partial charge in [-0.25, -0.2) is 14.0 Å². The molecule has 0 radical (unpaired) electrons. The molecule has 0 bridgehead atoms. The number of fused-ring (bicyclic) bond motifs is 1. The van der Waals surface area contributed by atoms with Crippen molar-refractivity contribution < 1.29 is 19.8 Å². The van der Waals surface area contributed by atoms with Gasteiger partial charge in [-0.3, -0.25) is 0 Å². The number of carboxylic acids is 2. The Labute approximate surface area is 114 Å². The quantitative estimate of drug-likeness (QED) is 0.640. The second-order valence-corrected chi connectivity index (χ2v) is 4.09. The smallest absolute Gasteiger partial charge is 0.328 e. The third-order valence-electron chi connectivity index (χ3n) is 1.86. The molecule has 2 rings (SSSR count). The number of hydrogen-bond acceptors (Lipinski definition) is 4. The molecule has 0 fully saturated rings. The molecule has 98 valence electrons. The molecule has 1 aromatic rings. The van der Waals surface area contributed by atoms with E-state index in [0.717, 1.165) is 0 Å². The van der Waals surface area contributed by atoms with Crippen LogP contribution < -0.4 is 0 Å². The number of hydrogen-bond donors (Lipinski definition) is 2. The number of carboxylic acid groups (broad SMARTS) is 2. The predicted octanol–water partition coefficient (Wildman–Crippen LogP) is 2.50. The summed E-state index contributed by atoms with van der Waals surface area (Å²) in [5, 5.41) is 15.6. The first-order valence-corrected chi connectivity index (χ1v) is 5.97. The molecular formula is C13H11NO4S. The molecule has 2 N–H and O–H groups in total. The molecule has 0 atom stereocenters. The van der Waals surface area contributed by atoms with E-state index in [-0.39, 0.29) is 0 Å². The highest BCUT2D eigenvalue weighted by molar-refractivity contribution is 7.98. The molecule has 1 aliphatic rings. The van der Waals surface area contributed by atoms with Gasteiger partial charge in [0.1, 0.15) is 0 Å². The lowest BCUT2D eigenvalue weighted by atomic mass is 10.2. The Morgan fingerprint density at radius 3 is 2.37 bits per heavy atom. The molecule has 0 unspecified atom stereocenters. The molecule has 0 amide bonds. The van der Waals surface area contributed by atoms with Crippen LogP contribution in [0.2, 0.25) is 0 Å². The van der Waals surface area contributed by atoms with Crippen LogP contribution >= 0.6 is 11.9 Å². The fourth-order valence-electron chi connectivity index (χ4n) is 1.11. The second kappa shape index (κ2) is 7.88. The van der Waals surface area contributed by atoms with Crippen molar-refractivity contribution in [3.05, 3.63) is 48.1 Å². The number of rotatable bonds is 2. The maximum Gasteiger partial charge on any atom is 0.328 e. The summed E-state index contributed by atoms with van der Waals surface area (Å²) in [6.45, 7) is 0. The van der Waals surface area contributed by atoms with Crippen LogP contribution in [0.4, 0.5) is 0 Å². The van der Waals surface area contributed by atoms with Crippen LogP contribution in [0, 0.1) is 0 Å². The summed E-state index contributed by atoms with van der Waals surface area (Å²) in [5.74, 6) is -2.51. The zero-order valence-electron chi connectivity index (χ0n) is 9.76. The number of allylic oxidation sites excluding steroid dienone is 1. The normalized spacial score (nSPS) is 12.2. The monoisotopic (exact) mass is 277 g/mol. The molecule has 0 saturated heterocycles. The van der Waals surface area contributed by atoms with Crippen LogP contribution in [0.15, 0.2) is 51.8 Å². The van der Waals surface area contributed by atoms with Crippen LogP contribution in [0.3, 0.4) is 0 Å². The van der Waals surface area contributed by atoms with E-state index in [9.17, 15) is 9.59 Å². The van der Waals surface area contributed by atoms with Gasteiger partial charge in [0.15, 0.2) is 0 Å². The van der Waals surface area contributed by atoms with Crippen molar-refractivity contribution in [2.75, 3.05) is 0 Å². The average molecular weight is 277 g/mol. The van der Waals surface area contributed by atoms with Gasteiger partial charge in [-0.05, 0) is 17.7 Å². The highest BCUT2D eigenvalue weighted by atomic mass is 32.2. The first-order chi connectivity index (χ1) is 9.09. The van der Waals surface area contributed by atoms with Crippen LogP contribution in [0.1, 0.15) is 5.56 Å². The Hall–Kier alpha value is -2.34. The van der Waals surface area contributed by atoms with Gasteiger partial charge in [0.05, 0.1) is 0 Å².